The van der Waals surface area contributed by atoms with Gasteiger partial charge in [0.2, 0.25) is 0 Å². The zero-order valence-electron chi connectivity index (χ0n) is 16.1. The molecular weight excluding hydrogens is 364 g/mol. The van der Waals surface area contributed by atoms with E-state index in [0.717, 1.165) is 46.4 Å². The van der Waals surface area contributed by atoms with Crippen LogP contribution in [0.1, 0.15) is 18.9 Å². The third-order valence-corrected chi connectivity index (χ3v) is 4.92. The second-order valence-electron chi connectivity index (χ2n) is 7.00. The van der Waals surface area contributed by atoms with Crippen molar-refractivity contribution < 1.29 is 19.7 Å². The molecule has 29 heavy (non-hydrogen) atoms. The summed E-state index contributed by atoms with van der Waals surface area (Å²) in [7, 11) is 0. The summed E-state index contributed by atoms with van der Waals surface area (Å²) in [5, 5.41) is 29.1. The van der Waals surface area contributed by atoms with E-state index in [0.29, 0.717) is 5.76 Å². The summed E-state index contributed by atoms with van der Waals surface area (Å²) in [4.78, 5) is 0. The molecule has 3 aromatic carbocycles. The highest BCUT2D eigenvalue weighted by Crippen LogP contribution is 2.44. The highest BCUT2D eigenvalue weighted by molar-refractivity contribution is 5.88. The average Bonchev–Trinajstić information content (AvgIpc) is 3.09. The van der Waals surface area contributed by atoms with Crippen molar-refractivity contribution in [3.05, 3.63) is 78.4 Å². The molecule has 146 valence electrons. The summed E-state index contributed by atoms with van der Waals surface area (Å²) in [6, 6.07) is 21.0. The quantitative estimate of drug-likeness (QED) is 0.374. The Morgan fingerprint density at radius 3 is 1.45 bits per heavy atom. The molecule has 0 saturated carbocycles. The molecule has 0 fully saturated rings. The molecule has 0 radical (unpaired) electrons. The van der Waals surface area contributed by atoms with Gasteiger partial charge in [0, 0.05) is 22.3 Å². The van der Waals surface area contributed by atoms with E-state index in [1.54, 1.807) is 36.4 Å². The first-order valence-corrected chi connectivity index (χ1v) is 9.60. The summed E-state index contributed by atoms with van der Waals surface area (Å²) >= 11 is 0. The lowest BCUT2D eigenvalue weighted by molar-refractivity contribution is 0.474. The number of hydrogen-bond acceptors (Lipinski definition) is 4. The maximum Gasteiger partial charge on any atom is 0.142 e. The molecule has 4 aromatic rings. The largest absolute Gasteiger partial charge is 0.508 e. The van der Waals surface area contributed by atoms with E-state index in [1.807, 2.05) is 36.4 Å². The van der Waals surface area contributed by atoms with Crippen LogP contribution in [0.25, 0.3) is 33.8 Å². The average molecular weight is 386 g/mol. The molecule has 0 aliphatic carbocycles. The van der Waals surface area contributed by atoms with E-state index in [4.69, 9.17) is 4.42 Å². The molecule has 1 aromatic heterocycles. The first kappa shape index (κ1) is 18.7. The van der Waals surface area contributed by atoms with Crippen molar-refractivity contribution in [1.29, 1.82) is 0 Å². The lowest BCUT2D eigenvalue weighted by atomic mass is 9.93. The van der Waals surface area contributed by atoms with Crippen molar-refractivity contribution in [2.45, 2.75) is 19.8 Å². The third kappa shape index (κ3) is 3.69. The normalized spacial score (nSPS) is 10.9. The molecule has 4 rings (SSSR count). The van der Waals surface area contributed by atoms with E-state index >= 15 is 0 Å². The minimum atomic E-state index is 0.194. The monoisotopic (exact) mass is 386 g/mol. The molecule has 0 saturated heterocycles. The molecule has 1 heterocycles. The molecule has 0 atom stereocenters. The Kier molecular flexibility index (Phi) is 5.00. The molecular formula is C25H22O4. The standard InChI is InChI=1S/C25H22O4/c1-2-3-22-23(16-4-10-19(26)11-5-16)25(18-8-14-21(28)15-9-18)29-24(22)17-6-12-20(27)13-7-17/h4-15,26-28H,2-3H2,1H3. The molecule has 3 N–H and O–H groups in total. The number of hydrogen-bond donors (Lipinski definition) is 3. The summed E-state index contributed by atoms with van der Waals surface area (Å²) in [6.45, 7) is 2.12. The Bertz CT molecular complexity index is 1110. The van der Waals surface area contributed by atoms with Crippen molar-refractivity contribution >= 4 is 0 Å². The molecule has 4 heteroatoms. The highest BCUT2D eigenvalue weighted by atomic mass is 16.3. The van der Waals surface area contributed by atoms with Crippen LogP contribution in [-0.2, 0) is 6.42 Å². The van der Waals surface area contributed by atoms with Gasteiger partial charge in [-0.15, -0.1) is 0 Å². The maximum atomic E-state index is 9.73. The summed E-state index contributed by atoms with van der Waals surface area (Å²) in [5.74, 6) is 2.08. The van der Waals surface area contributed by atoms with Crippen LogP contribution in [0.3, 0.4) is 0 Å². The summed E-state index contributed by atoms with van der Waals surface area (Å²) < 4.78 is 6.41. The van der Waals surface area contributed by atoms with Gasteiger partial charge >= 0.3 is 0 Å². The van der Waals surface area contributed by atoms with Crippen molar-refractivity contribution in [2.75, 3.05) is 0 Å². The van der Waals surface area contributed by atoms with Crippen LogP contribution in [0, 0.1) is 0 Å². The Labute approximate surface area is 169 Å². The number of phenols is 3. The van der Waals surface area contributed by atoms with Crippen LogP contribution < -0.4 is 0 Å². The summed E-state index contributed by atoms with van der Waals surface area (Å²) in [6.07, 6.45) is 1.75. The molecule has 4 nitrogen and oxygen atoms in total. The van der Waals surface area contributed by atoms with Gasteiger partial charge in [0.05, 0.1) is 0 Å². The SMILES string of the molecule is CCCc1c(-c2ccc(O)cc2)oc(-c2ccc(O)cc2)c1-c1ccc(O)cc1. The first-order valence-electron chi connectivity index (χ1n) is 9.60. The second-order valence-corrected chi connectivity index (χ2v) is 7.00. The van der Waals surface area contributed by atoms with Crippen molar-refractivity contribution in [3.8, 4) is 51.0 Å². The summed E-state index contributed by atoms with van der Waals surface area (Å²) in [5.41, 5.74) is 4.74. The van der Waals surface area contributed by atoms with Gasteiger partial charge in [-0.1, -0.05) is 25.5 Å². The molecule has 0 spiro atoms. The number of phenolic OH excluding ortho intramolecular Hbond substituents is 3. The van der Waals surface area contributed by atoms with E-state index in [2.05, 4.69) is 6.92 Å². The third-order valence-electron chi connectivity index (χ3n) is 4.92. The fraction of sp³-hybridized carbons (Fsp3) is 0.120. The number of furan rings is 1. The van der Waals surface area contributed by atoms with Gasteiger partial charge in [0.15, 0.2) is 0 Å². The van der Waals surface area contributed by atoms with Crippen LogP contribution in [0.5, 0.6) is 17.2 Å². The Morgan fingerprint density at radius 2 is 1.00 bits per heavy atom. The van der Waals surface area contributed by atoms with E-state index < -0.39 is 0 Å². The van der Waals surface area contributed by atoms with Gasteiger partial charge in [0.1, 0.15) is 28.8 Å². The lowest BCUT2D eigenvalue weighted by Crippen LogP contribution is -1.89. The van der Waals surface area contributed by atoms with Gasteiger partial charge in [0.25, 0.3) is 0 Å². The van der Waals surface area contributed by atoms with Crippen LogP contribution in [0.4, 0.5) is 0 Å². The Morgan fingerprint density at radius 1 is 0.586 bits per heavy atom. The van der Waals surface area contributed by atoms with Crippen molar-refractivity contribution in [3.63, 3.8) is 0 Å². The second kappa shape index (κ2) is 7.76. The van der Waals surface area contributed by atoms with Gasteiger partial charge in [-0.25, -0.2) is 0 Å². The number of aromatic hydroxyl groups is 3. The maximum absolute atomic E-state index is 9.73. The van der Waals surface area contributed by atoms with Crippen LogP contribution >= 0.6 is 0 Å². The highest BCUT2D eigenvalue weighted by Gasteiger charge is 2.23. The fourth-order valence-electron chi connectivity index (χ4n) is 3.55. The lowest BCUT2D eigenvalue weighted by Gasteiger charge is -2.07. The van der Waals surface area contributed by atoms with Crippen LogP contribution in [0.2, 0.25) is 0 Å². The predicted octanol–water partition coefficient (Wildman–Crippen LogP) is 6.35. The number of benzene rings is 3. The molecule has 0 amide bonds. The zero-order valence-corrected chi connectivity index (χ0v) is 16.1. The fourth-order valence-corrected chi connectivity index (χ4v) is 3.55. The Balaban J connectivity index is 1.99. The van der Waals surface area contributed by atoms with E-state index in [9.17, 15) is 15.3 Å². The number of rotatable bonds is 5. The van der Waals surface area contributed by atoms with Crippen LogP contribution in [0.15, 0.2) is 77.2 Å². The van der Waals surface area contributed by atoms with Gasteiger partial charge in [-0.05, 0) is 72.6 Å². The molecule has 0 aliphatic rings. The predicted molar refractivity (Wildman–Crippen MR) is 114 cm³/mol. The minimum absolute atomic E-state index is 0.194. The Hall–Kier alpha value is -3.66. The molecule has 0 bridgehead atoms. The van der Waals surface area contributed by atoms with E-state index in [-0.39, 0.29) is 17.2 Å². The first-order chi connectivity index (χ1) is 14.1. The van der Waals surface area contributed by atoms with Gasteiger partial charge in [-0.3, -0.25) is 0 Å². The smallest absolute Gasteiger partial charge is 0.142 e. The molecule has 0 unspecified atom stereocenters. The van der Waals surface area contributed by atoms with Gasteiger partial charge in [-0.2, -0.15) is 0 Å². The minimum Gasteiger partial charge on any atom is -0.508 e. The van der Waals surface area contributed by atoms with Crippen molar-refractivity contribution in [2.24, 2.45) is 0 Å². The topological polar surface area (TPSA) is 73.8 Å². The van der Waals surface area contributed by atoms with E-state index in [1.165, 1.54) is 0 Å². The molecule has 0 aliphatic heterocycles. The van der Waals surface area contributed by atoms with Gasteiger partial charge < -0.3 is 19.7 Å². The zero-order chi connectivity index (χ0) is 20.4. The van der Waals surface area contributed by atoms with Crippen LogP contribution in [-0.4, -0.2) is 15.3 Å². The van der Waals surface area contributed by atoms with Crippen molar-refractivity contribution in [1.82, 2.24) is 0 Å².